The molecule has 0 saturated carbocycles. The molecule has 0 aromatic carbocycles. The van der Waals surface area contributed by atoms with Gasteiger partial charge in [0.25, 0.3) is 0 Å². The first-order valence-electron chi connectivity index (χ1n) is 6.84. The number of rotatable bonds is 7. The van der Waals surface area contributed by atoms with Crippen LogP contribution in [0.15, 0.2) is 35.0 Å². The van der Waals surface area contributed by atoms with Crippen LogP contribution in [0.25, 0.3) is 0 Å². The first-order valence-corrected chi connectivity index (χ1v) is 8.60. The molecule has 0 aliphatic carbocycles. The van der Waals surface area contributed by atoms with Gasteiger partial charge in [0.2, 0.25) is 5.91 Å². The van der Waals surface area contributed by atoms with E-state index < -0.39 is 0 Å². The van der Waals surface area contributed by atoms with Gasteiger partial charge in [0, 0.05) is 22.8 Å². The van der Waals surface area contributed by atoms with Gasteiger partial charge in [-0.15, -0.1) is 22.7 Å². The molecule has 2 heterocycles. The Kier molecular flexibility index (Phi) is 5.76. The van der Waals surface area contributed by atoms with Crippen LogP contribution < -0.4 is 5.32 Å². The number of nitrogens with one attached hydrogen (secondary N) is 1. The van der Waals surface area contributed by atoms with Crippen LogP contribution in [0.5, 0.6) is 0 Å². The van der Waals surface area contributed by atoms with E-state index in [1.54, 1.807) is 22.7 Å². The van der Waals surface area contributed by atoms with Gasteiger partial charge in [-0.25, -0.2) is 0 Å². The van der Waals surface area contributed by atoms with E-state index in [2.05, 4.69) is 40.3 Å². The maximum atomic E-state index is 12.1. The molecule has 20 heavy (non-hydrogen) atoms. The van der Waals surface area contributed by atoms with Crippen molar-refractivity contribution >= 4 is 28.6 Å². The summed E-state index contributed by atoms with van der Waals surface area (Å²) < 4.78 is 0. The molecule has 3 nitrogen and oxygen atoms in total. The van der Waals surface area contributed by atoms with Crippen molar-refractivity contribution in [3.63, 3.8) is 0 Å². The van der Waals surface area contributed by atoms with Crippen LogP contribution in [-0.4, -0.2) is 30.4 Å². The van der Waals surface area contributed by atoms with Crippen molar-refractivity contribution in [2.45, 2.75) is 19.9 Å². The molecular weight excluding hydrogens is 288 g/mol. The third-order valence-corrected chi connectivity index (χ3v) is 5.10. The van der Waals surface area contributed by atoms with Crippen molar-refractivity contribution in [3.8, 4) is 0 Å². The molecule has 2 aromatic heterocycles. The summed E-state index contributed by atoms with van der Waals surface area (Å²) in [6.07, 6.45) is 0. The van der Waals surface area contributed by atoms with Crippen molar-refractivity contribution in [1.29, 1.82) is 0 Å². The molecule has 1 N–H and O–H groups in total. The van der Waals surface area contributed by atoms with E-state index in [1.165, 1.54) is 9.75 Å². The normalized spacial score (nSPS) is 10.9. The number of likely N-dealkylation sites (N-methyl/N-ethyl adjacent to an activating group) is 1. The summed E-state index contributed by atoms with van der Waals surface area (Å²) in [6.45, 7) is 5.93. The summed E-state index contributed by atoms with van der Waals surface area (Å²) >= 11 is 3.44. The van der Waals surface area contributed by atoms with Gasteiger partial charge in [-0.2, -0.15) is 0 Å². The van der Waals surface area contributed by atoms with E-state index in [0.717, 1.165) is 13.1 Å². The smallest absolute Gasteiger partial charge is 0.236 e. The predicted molar refractivity (Wildman–Crippen MR) is 86.4 cm³/mol. The van der Waals surface area contributed by atoms with Crippen LogP contribution in [0, 0.1) is 0 Å². The zero-order valence-electron chi connectivity index (χ0n) is 11.8. The molecule has 0 saturated heterocycles. The lowest BCUT2D eigenvalue weighted by molar-refractivity contribution is -0.129. The fraction of sp³-hybridized carbons (Fsp3) is 0.400. The Labute approximate surface area is 128 Å². The highest BCUT2D eigenvalue weighted by Gasteiger charge is 2.18. The van der Waals surface area contributed by atoms with Gasteiger partial charge in [-0.1, -0.05) is 12.1 Å². The van der Waals surface area contributed by atoms with Crippen LogP contribution in [0.2, 0.25) is 0 Å². The molecule has 0 radical (unpaired) electrons. The number of thiophene rings is 2. The predicted octanol–water partition coefficient (Wildman–Crippen LogP) is 3.36. The summed E-state index contributed by atoms with van der Waals surface area (Å²) in [5.41, 5.74) is 0. The molecule has 0 spiro atoms. The highest BCUT2D eigenvalue weighted by atomic mass is 32.1. The number of carbonyl (C=O) groups is 1. The average molecular weight is 308 g/mol. The summed E-state index contributed by atoms with van der Waals surface area (Å²) in [5, 5.41) is 7.55. The molecule has 0 fully saturated rings. The quantitative estimate of drug-likeness (QED) is 0.850. The first-order chi connectivity index (χ1) is 9.76. The van der Waals surface area contributed by atoms with Crippen molar-refractivity contribution in [2.24, 2.45) is 0 Å². The van der Waals surface area contributed by atoms with E-state index in [0.29, 0.717) is 6.54 Å². The zero-order valence-corrected chi connectivity index (χ0v) is 13.5. The second-order valence-electron chi connectivity index (χ2n) is 4.41. The van der Waals surface area contributed by atoms with Crippen molar-refractivity contribution < 1.29 is 4.79 Å². The van der Waals surface area contributed by atoms with E-state index >= 15 is 0 Å². The maximum absolute atomic E-state index is 12.1. The van der Waals surface area contributed by atoms with Crippen LogP contribution in [0.3, 0.4) is 0 Å². The molecule has 0 atom stereocenters. The standard InChI is InChI=1S/C15H20N2OS2/c1-3-17(4-2)14(18)11-16-15(12-7-5-9-19-12)13-8-6-10-20-13/h5-10,15-16H,3-4,11H2,1-2H3. The third-order valence-electron chi connectivity index (χ3n) is 3.23. The number of amides is 1. The van der Waals surface area contributed by atoms with Gasteiger partial charge in [-0.3, -0.25) is 10.1 Å². The molecule has 2 rings (SSSR count). The Hall–Kier alpha value is -1.17. The van der Waals surface area contributed by atoms with Crippen LogP contribution in [0.4, 0.5) is 0 Å². The minimum absolute atomic E-state index is 0.120. The van der Waals surface area contributed by atoms with Crippen LogP contribution in [-0.2, 0) is 4.79 Å². The van der Waals surface area contributed by atoms with Crippen LogP contribution >= 0.6 is 22.7 Å². The minimum Gasteiger partial charge on any atom is -0.342 e. The zero-order chi connectivity index (χ0) is 14.4. The lowest BCUT2D eigenvalue weighted by atomic mass is 10.2. The summed E-state index contributed by atoms with van der Waals surface area (Å²) in [7, 11) is 0. The molecule has 0 bridgehead atoms. The Balaban J connectivity index is 2.05. The Morgan fingerprint density at radius 2 is 1.70 bits per heavy atom. The molecular formula is C15H20N2OS2. The summed E-state index contributed by atoms with van der Waals surface area (Å²) in [6, 6.07) is 8.45. The first kappa shape index (κ1) is 15.2. The number of hydrogen-bond donors (Lipinski definition) is 1. The average Bonchev–Trinajstić information content (AvgIpc) is 3.13. The van der Waals surface area contributed by atoms with Gasteiger partial charge in [-0.05, 0) is 36.7 Å². The highest BCUT2D eigenvalue weighted by Crippen LogP contribution is 2.28. The van der Waals surface area contributed by atoms with Crippen molar-refractivity contribution in [3.05, 3.63) is 44.8 Å². The van der Waals surface area contributed by atoms with Gasteiger partial charge in [0.15, 0.2) is 0 Å². The Morgan fingerprint density at radius 3 is 2.10 bits per heavy atom. The molecule has 2 aromatic rings. The minimum atomic E-state index is 0.120. The lowest BCUT2D eigenvalue weighted by Crippen LogP contribution is -2.39. The van der Waals surface area contributed by atoms with Gasteiger partial charge < -0.3 is 4.90 Å². The largest absolute Gasteiger partial charge is 0.342 e. The number of carbonyl (C=O) groups excluding carboxylic acids is 1. The molecule has 0 aliphatic heterocycles. The molecule has 1 amide bonds. The van der Waals surface area contributed by atoms with E-state index in [-0.39, 0.29) is 11.9 Å². The number of hydrogen-bond acceptors (Lipinski definition) is 4. The Morgan fingerprint density at radius 1 is 1.15 bits per heavy atom. The fourth-order valence-electron chi connectivity index (χ4n) is 2.13. The summed E-state index contributed by atoms with van der Waals surface area (Å²) in [4.78, 5) is 16.5. The second kappa shape index (κ2) is 7.57. The molecule has 0 aliphatic rings. The summed E-state index contributed by atoms with van der Waals surface area (Å²) in [5.74, 6) is 0.160. The number of nitrogens with zero attached hydrogens (tertiary/aromatic N) is 1. The van der Waals surface area contributed by atoms with E-state index in [9.17, 15) is 4.79 Å². The SMILES string of the molecule is CCN(CC)C(=O)CNC(c1cccs1)c1cccs1. The third kappa shape index (κ3) is 3.69. The lowest BCUT2D eigenvalue weighted by Gasteiger charge is -2.21. The topological polar surface area (TPSA) is 32.3 Å². The van der Waals surface area contributed by atoms with Crippen molar-refractivity contribution in [2.75, 3.05) is 19.6 Å². The van der Waals surface area contributed by atoms with Gasteiger partial charge in [0.1, 0.15) is 0 Å². The fourth-order valence-corrected chi connectivity index (χ4v) is 3.84. The molecule has 0 unspecified atom stereocenters. The monoisotopic (exact) mass is 308 g/mol. The molecule has 5 heteroatoms. The van der Waals surface area contributed by atoms with Gasteiger partial charge >= 0.3 is 0 Å². The second-order valence-corrected chi connectivity index (χ2v) is 6.37. The maximum Gasteiger partial charge on any atom is 0.236 e. The van der Waals surface area contributed by atoms with E-state index in [1.807, 2.05) is 18.7 Å². The van der Waals surface area contributed by atoms with E-state index in [4.69, 9.17) is 0 Å². The Bertz CT molecular complexity index is 470. The highest BCUT2D eigenvalue weighted by molar-refractivity contribution is 7.11. The van der Waals surface area contributed by atoms with Crippen molar-refractivity contribution in [1.82, 2.24) is 10.2 Å². The molecule has 108 valence electrons. The van der Waals surface area contributed by atoms with Gasteiger partial charge in [0.05, 0.1) is 12.6 Å². The van der Waals surface area contributed by atoms with Crippen LogP contribution in [0.1, 0.15) is 29.6 Å².